The quantitative estimate of drug-likeness (QED) is 0.716. The number of carboxylic acid groups (broad SMARTS) is 1. The van der Waals surface area contributed by atoms with Crippen LogP contribution >= 0.6 is 11.8 Å². The van der Waals surface area contributed by atoms with Gasteiger partial charge in [-0.25, -0.2) is 4.79 Å². The number of hydrogen-bond acceptors (Lipinski definition) is 5. The van der Waals surface area contributed by atoms with E-state index in [1.165, 1.54) is 18.2 Å². The van der Waals surface area contributed by atoms with Gasteiger partial charge in [0.15, 0.2) is 11.8 Å². The molecule has 1 unspecified atom stereocenters. The maximum Gasteiger partial charge on any atom is 0.341 e. The fourth-order valence-electron chi connectivity index (χ4n) is 3.85. The molecule has 6 nitrogen and oxygen atoms in total. The van der Waals surface area contributed by atoms with Crippen molar-refractivity contribution in [3.05, 3.63) is 34.7 Å². The first-order chi connectivity index (χ1) is 13.8. The summed E-state index contributed by atoms with van der Waals surface area (Å²) in [4.78, 5) is 30.4. The molecule has 0 radical (unpaired) electrons. The number of aliphatic imine (C=N–C) groups is 1. The Morgan fingerprint density at radius 2 is 2.10 bits per heavy atom. The van der Waals surface area contributed by atoms with E-state index >= 15 is 0 Å². The summed E-state index contributed by atoms with van der Waals surface area (Å²) in [7, 11) is 0. The summed E-state index contributed by atoms with van der Waals surface area (Å²) >= 11 is 1.45. The van der Waals surface area contributed by atoms with E-state index in [1.807, 2.05) is 6.08 Å². The van der Waals surface area contributed by atoms with Gasteiger partial charge < -0.3 is 14.7 Å². The topological polar surface area (TPSA) is 79.2 Å². The van der Waals surface area contributed by atoms with Crippen molar-refractivity contribution in [2.24, 2.45) is 10.4 Å². The largest absolute Gasteiger partial charge is 0.482 e. The Labute approximate surface area is 176 Å². The summed E-state index contributed by atoms with van der Waals surface area (Å²) < 4.78 is 5.14. The number of aliphatic carboxylic acids is 1. The maximum absolute atomic E-state index is 12.5. The lowest BCUT2D eigenvalue weighted by atomic mass is 9.82. The van der Waals surface area contributed by atoms with Gasteiger partial charge in [-0.05, 0) is 66.6 Å². The van der Waals surface area contributed by atoms with Crippen LogP contribution in [0.25, 0.3) is 6.08 Å². The molecule has 3 rings (SSSR count). The van der Waals surface area contributed by atoms with Gasteiger partial charge in [-0.15, -0.1) is 0 Å². The van der Waals surface area contributed by atoms with Crippen LogP contribution in [0.2, 0.25) is 0 Å². The van der Waals surface area contributed by atoms with Crippen molar-refractivity contribution >= 4 is 34.9 Å². The average molecular weight is 417 g/mol. The molecule has 1 aromatic rings. The summed E-state index contributed by atoms with van der Waals surface area (Å²) in [5.41, 5.74) is 1.16. The van der Waals surface area contributed by atoms with Crippen LogP contribution < -0.4 is 4.74 Å². The fraction of sp³-hybridized carbons (Fsp3) is 0.500. The molecule has 0 saturated carbocycles. The fourth-order valence-corrected chi connectivity index (χ4v) is 4.87. The number of nitrogens with zero attached hydrogens (tertiary/aromatic N) is 2. The summed E-state index contributed by atoms with van der Waals surface area (Å²) in [6.45, 7) is 7.40. The minimum atomic E-state index is -1.02. The summed E-state index contributed by atoms with van der Waals surface area (Å²) in [6, 6.07) is 7.41. The second-order valence-electron chi connectivity index (χ2n) is 8.29. The zero-order chi connectivity index (χ0) is 21.0. The monoisotopic (exact) mass is 416 g/mol. The van der Waals surface area contributed by atoms with Crippen LogP contribution in [0.15, 0.2) is 34.2 Å². The molecule has 2 heterocycles. The first-order valence-corrected chi connectivity index (χ1v) is 10.8. The van der Waals surface area contributed by atoms with Crippen molar-refractivity contribution in [3.8, 4) is 5.75 Å². The number of amides is 1. The van der Waals surface area contributed by atoms with Crippen molar-refractivity contribution in [3.63, 3.8) is 0 Å². The van der Waals surface area contributed by atoms with Crippen molar-refractivity contribution in [2.45, 2.75) is 52.5 Å². The SMILES string of the molecule is CCC1CC(C)(C)CCCN1C1=NC(=O)C(=Cc2ccc(OCC(=O)O)cc2)S1. The summed E-state index contributed by atoms with van der Waals surface area (Å²) in [5, 5.41) is 9.48. The lowest BCUT2D eigenvalue weighted by Gasteiger charge is -2.33. The molecule has 29 heavy (non-hydrogen) atoms. The van der Waals surface area contributed by atoms with Crippen LogP contribution in [0.3, 0.4) is 0 Å². The molecule has 1 amide bonds. The molecule has 0 aromatic heterocycles. The van der Waals surface area contributed by atoms with Crippen LogP contribution in [-0.4, -0.2) is 46.2 Å². The second-order valence-corrected chi connectivity index (χ2v) is 9.30. The molecule has 1 aromatic carbocycles. The van der Waals surface area contributed by atoms with Gasteiger partial charge in [0.2, 0.25) is 0 Å². The third-order valence-corrected chi connectivity index (χ3v) is 6.37. The molecular formula is C22H28N2O4S. The number of ether oxygens (including phenoxy) is 1. The van der Waals surface area contributed by atoms with Gasteiger partial charge in [-0.3, -0.25) is 4.79 Å². The summed E-state index contributed by atoms with van der Waals surface area (Å²) in [6.07, 6.45) is 6.26. The van der Waals surface area contributed by atoms with E-state index in [2.05, 4.69) is 30.7 Å². The third kappa shape index (κ3) is 5.63. The van der Waals surface area contributed by atoms with Crippen LogP contribution in [0.1, 0.15) is 52.0 Å². The molecule has 7 heteroatoms. The van der Waals surface area contributed by atoms with Crippen molar-refractivity contribution in [1.82, 2.24) is 4.90 Å². The standard InChI is InChI=1S/C22H28N2O4S/c1-4-16-13-22(2,3)10-5-11-24(16)21-23-20(27)18(29-21)12-15-6-8-17(9-7-15)28-14-19(25)26/h6-9,12,16H,4-5,10-11,13-14H2,1-3H3,(H,25,26). The van der Waals surface area contributed by atoms with Gasteiger partial charge in [0.1, 0.15) is 5.75 Å². The van der Waals surface area contributed by atoms with Crippen LogP contribution in [-0.2, 0) is 9.59 Å². The van der Waals surface area contributed by atoms with Gasteiger partial charge >= 0.3 is 5.97 Å². The third-order valence-electron chi connectivity index (χ3n) is 5.35. The predicted octanol–water partition coefficient (Wildman–Crippen LogP) is 4.41. The van der Waals surface area contributed by atoms with E-state index in [0.717, 1.165) is 36.5 Å². The number of carboxylic acids is 1. The number of thioether (sulfide) groups is 1. The molecule has 2 aliphatic heterocycles. The van der Waals surface area contributed by atoms with E-state index in [0.29, 0.717) is 22.1 Å². The van der Waals surface area contributed by atoms with Crippen molar-refractivity contribution in [2.75, 3.05) is 13.2 Å². The van der Waals surface area contributed by atoms with Gasteiger partial charge in [-0.2, -0.15) is 4.99 Å². The number of amidine groups is 1. The van der Waals surface area contributed by atoms with Crippen LogP contribution in [0.5, 0.6) is 5.75 Å². The first kappa shape index (κ1) is 21.4. The smallest absolute Gasteiger partial charge is 0.341 e. The second kappa shape index (κ2) is 9.03. The molecule has 1 saturated heterocycles. The first-order valence-electron chi connectivity index (χ1n) is 10.0. The lowest BCUT2D eigenvalue weighted by molar-refractivity contribution is -0.139. The molecular weight excluding hydrogens is 388 g/mol. The van der Waals surface area contributed by atoms with E-state index in [-0.39, 0.29) is 12.5 Å². The zero-order valence-corrected chi connectivity index (χ0v) is 18.0. The number of carbonyl (C=O) groups excluding carboxylic acids is 1. The Hall–Kier alpha value is -2.28. The number of rotatable bonds is 5. The van der Waals surface area contributed by atoms with E-state index in [4.69, 9.17) is 9.84 Å². The van der Waals surface area contributed by atoms with E-state index in [1.54, 1.807) is 24.3 Å². The minimum Gasteiger partial charge on any atom is -0.482 e. The predicted molar refractivity (Wildman–Crippen MR) is 116 cm³/mol. The van der Waals surface area contributed by atoms with Crippen molar-refractivity contribution in [1.29, 1.82) is 0 Å². The average Bonchev–Trinajstić information content (AvgIpc) is 2.94. The molecule has 156 valence electrons. The lowest BCUT2D eigenvalue weighted by Crippen LogP contribution is -2.38. The maximum atomic E-state index is 12.5. The Kier molecular flexibility index (Phi) is 6.67. The molecule has 1 atom stereocenters. The Bertz CT molecular complexity index is 830. The summed E-state index contributed by atoms with van der Waals surface area (Å²) in [5.74, 6) is -0.736. The molecule has 0 spiro atoms. The van der Waals surface area contributed by atoms with Gasteiger partial charge in [-0.1, -0.05) is 32.9 Å². The van der Waals surface area contributed by atoms with Crippen molar-refractivity contribution < 1.29 is 19.4 Å². The number of hydrogen-bond donors (Lipinski definition) is 1. The number of benzene rings is 1. The van der Waals surface area contributed by atoms with Gasteiger partial charge in [0.25, 0.3) is 5.91 Å². The van der Waals surface area contributed by atoms with Gasteiger partial charge in [0, 0.05) is 12.6 Å². The highest BCUT2D eigenvalue weighted by Crippen LogP contribution is 2.38. The Morgan fingerprint density at radius 1 is 1.38 bits per heavy atom. The highest BCUT2D eigenvalue weighted by atomic mass is 32.2. The van der Waals surface area contributed by atoms with Crippen LogP contribution in [0.4, 0.5) is 0 Å². The molecule has 1 N–H and O–H groups in total. The minimum absolute atomic E-state index is 0.199. The number of carbonyl (C=O) groups is 2. The number of likely N-dealkylation sites (tertiary alicyclic amines) is 1. The molecule has 1 fully saturated rings. The zero-order valence-electron chi connectivity index (χ0n) is 17.2. The highest BCUT2D eigenvalue weighted by molar-refractivity contribution is 8.18. The molecule has 2 aliphatic rings. The molecule has 0 aliphatic carbocycles. The van der Waals surface area contributed by atoms with E-state index < -0.39 is 5.97 Å². The van der Waals surface area contributed by atoms with Gasteiger partial charge in [0.05, 0.1) is 4.91 Å². The van der Waals surface area contributed by atoms with Crippen LogP contribution in [0, 0.1) is 5.41 Å². The Morgan fingerprint density at radius 3 is 2.76 bits per heavy atom. The Balaban J connectivity index is 1.70. The molecule has 0 bridgehead atoms. The highest BCUT2D eigenvalue weighted by Gasteiger charge is 2.34. The normalized spacial score (nSPS) is 23.1. The van der Waals surface area contributed by atoms with E-state index in [9.17, 15) is 9.59 Å².